The number of nitro benzene ring substituents is 1. The molecule has 1 amide bonds. The van der Waals surface area contributed by atoms with E-state index in [4.69, 9.17) is 5.73 Å². The van der Waals surface area contributed by atoms with Crippen LogP contribution in [0.3, 0.4) is 0 Å². The van der Waals surface area contributed by atoms with Crippen LogP contribution < -0.4 is 11.1 Å². The Labute approximate surface area is 125 Å². The average molecular weight is 303 g/mol. The first-order valence-corrected chi connectivity index (χ1v) is 6.54. The molecule has 0 bridgehead atoms. The Morgan fingerprint density at radius 2 is 2.05 bits per heavy atom. The Kier molecular flexibility index (Phi) is 4.67. The maximum atomic E-state index is 13.1. The van der Waals surface area contributed by atoms with Crippen LogP contribution in [-0.2, 0) is 6.42 Å². The number of anilines is 1. The van der Waals surface area contributed by atoms with E-state index in [2.05, 4.69) is 5.32 Å². The van der Waals surface area contributed by atoms with E-state index < -0.39 is 10.8 Å². The van der Waals surface area contributed by atoms with Gasteiger partial charge in [-0.25, -0.2) is 4.39 Å². The quantitative estimate of drug-likeness (QED) is 0.632. The number of amides is 1. The number of carbonyl (C=O) groups excluding carboxylic acids is 1. The second-order valence-corrected chi connectivity index (χ2v) is 4.66. The van der Waals surface area contributed by atoms with E-state index in [1.54, 1.807) is 12.1 Å². The largest absolute Gasteiger partial charge is 0.379 e. The van der Waals surface area contributed by atoms with Gasteiger partial charge in [-0.3, -0.25) is 14.9 Å². The lowest BCUT2D eigenvalue weighted by Gasteiger charge is -2.08. The number of nitrogens with one attached hydrogen (secondary N) is 1. The van der Waals surface area contributed by atoms with Crippen LogP contribution in [0.4, 0.5) is 15.8 Å². The Bertz CT molecular complexity index is 719. The van der Waals surface area contributed by atoms with Crippen molar-refractivity contribution in [2.75, 3.05) is 11.9 Å². The molecular formula is C15H14FN3O3. The third-order valence-corrected chi connectivity index (χ3v) is 3.10. The van der Waals surface area contributed by atoms with Crippen molar-refractivity contribution >= 4 is 17.3 Å². The lowest BCUT2D eigenvalue weighted by molar-refractivity contribution is -0.384. The van der Waals surface area contributed by atoms with Crippen molar-refractivity contribution in [2.24, 2.45) is 5.73 Å². The molecule has 0 fully saturated rings. The van der Waals surface area contributed by atoms with Gasteiger partial charge >= 0.3 is 0 Å². The number of carbonyl (C=O) groups is 1. The van der Waals surface area contributed by atoms with Crippen molar-refractivity contribution in [2.45, 2.75) is 6.42 Å². The van der Waals surface area contributed by atoms with Gasteiger partial charge in [-0.2, -0.15) is 0 Å². The minimum absolute atomic E-state index is 0.0716. The van der Waals surface area contributed by atoms with Crippen LogP contribution in [-0.4, -0.2) is 17.4 Å². The summed E-state index contributed by atoms with van der Waals surface area (Å²) in [6, 6.07) is 10.1. The summed E-state index contributed by atoms with van der Waals surface area (Å²) in [5.41, 5.74) is 6.02. The molecule has 2 rings (SSSR count). The van der Waals surface area contributed by atoms with Gasteiger partial charge in [0.05, 0.1) is 4.92 Å². The SMILES string of the molecule is NC(=O)c1ccc(NCCc2cccc(F)c2)c([N+](=O)[O-])c1. The van der Waals surface area contributed by atoms with Gasteiger partial charge in [-0.15, -0.1) is 0 Å². The Balaban J connectivity index is 2.09. The molecule has 0 spiro atoms. The molecule has 0 atom stereocenters. The average Bonchev–Trinajstić information content (AvgIpc) is 2.47. The summed E-state index contributed by atoms with van der Waals surface area (Å²) >= 11 is 0. The molecule has 0 unspecified atom stereocenters. The summed E-state index contributed by atoms with van der Waals surface area (Å²) in [5, 5.41) is 14.0. The zero-order chi connectivity index (χ0) is 16.1. The molecule has 2 aromatic rings. The van der Waals surface area contributed by atoms with Crippen LogP contribution in [0.25, 0.3) is 0 Å². The fourth-order valence-corrected chi connectivity index (χ4v) is 2.02. The molecule has 6 nitrogen and oxygen atoms in total. The van der Waals surface area contributed by atoms with E-state index in [-0.39, 0.29) is 22.8 Å². The van der Waals surface area contributed by atoms with E-state index in [1.165, 1.54) is 24.3 Å². The normalized spacial score (nSPS) is 10.2. The minimum atomic E-state index is -0.727. The van der Waals surface area contributed by atoms with Crippen molar-refractivity contribution in [1.82, 2.24) is 0 Å². The van der Waals surface area contributed by atoms with Crippen LogP contribution in [0, 0.1) is 15.9 Å². The van der Waals surface area contributed by atoms with Crippen molar-refractivity contribution in [3.8, 4) is 0 Å². The number of nitro groups is 1. The maximum Gasteiger partial charge on any atom is 0.293 e. The molecule has 114 valence electrons. The number of nitrogens with two attached hydrogens (primary N) is 1. The second-order valence-electron chi connectivity index (χ2n) is 4.66. The minimum Gasteiger partial charge on any atom is -0.379 e. The first-order valence-electron chi connectivity index (χ1n) is 6.54. The topological polar surface area (TPSA) is 98.3 Å². The number of hydrogen-bond acceptors (Lipinski definition) is 4. The summed E-state index contributed by atoms with van der Waals surface area (Å²) in [7, 11) is 0. The Morgan fingerprint density at radius 1 is 1.27 bits per heavy atom. The first kappa shape index (κ1) is 15.4. The lowest BCUT2D eigenvalue weighted by Crippen LogP contribution is -2.12. The fraction of sp³-hybridized carbons (Fsp3) is 0.133. The summed E-state index contributed by atoms with van der Waals surface area (Å²) < 4.78 is 13.1. The third kappa shape index (κ3) is 3.78. The molecule has 0 aliphatic heterocycles. The van der Waals surface area contributed by atoms with Crippen LogP contribution in [0.1, 0.15) is 15.9 Å². The van der Waals surface area contributed by atoms with Crippen LogP contribution in [0.5, 0.6) is 0 Å². The summed E-state index contributed by atoms with van der Waals surface area (Å²) in [4.78, 5) is 21.5. The highest BCUT2D eigenvalue weighted by Gasteiger charge is 2.16. The zero-order valence-corrected chi connectivity index (χ0v) is 11.6. The van der Waals surface area contributed by atoms with E-state index in [9.17, 15) is 19.3 Å². The van der Waals surface area contributed by atoms with Crippen LogP contribution >= 0.6 is 0 Å². The molecule has 0 saturated heterocycles. The molecule has 0 saturated carbocycles. The second kappa shape index (κ2) is 6.66. The summed E-state index contributed by atoms with van der Waals surface area (Å²) in [6.07, 6.45) is 0.506. The van der Waals surface area contributed by atoms with Crippen molar-refractivity contribution in [1.29, 1.82) is 0 Å². The number of benzene rings is 2. The van der Waals surface area contributed by atoms with E-state index in [0.717, 1.165) is 11.6 Å². The molecule has 0 heterocycles. The number of nitrogens with zero attached hydrogens (tertiary/aromatic N) is 1. The van der Waals surface area contributed by atoms with Gasteiger partial charge in [0.15, 0.2) is 0 Å². The first-order chi connectivity index (χ1) is 10.5. The van der Waals surface area contributed by atoms with Gasteiger partial charge in [-0.05, 0) is 36.2 Å². The molecule has 3 N–H and O–H groups in total. The number of rotatable bonds is 6. The smallest absolute Gasteiger partial charge is 0.293 e. The molecule has 7 heteroatoms. The highest BCUT2D eigenvalue weighted by molar-refractivity contribution is 5.94. The predicted molar refractivity (Wildman–Crippen MR) is 80.2 cm³/mol. The van der Waals surface area contributed by atoms with Gasteiger partial charge in [0.25, 0.3) is 5.69 Å². The summed E-state index contributed by atoms with van der Waals surface area (Å²) in [6.45, 7) is 0.389. The third-order valence-electron chi connectivity index (χ3n) is 3.10. The molecule has 0 aromatic heterocycles. The number of halogens is 1. The van der Waals surface area contributed by atoms with Crippen molar-refractivity contribution in [3.63, 3.8) is 0 Å². The maximum absolute atomic E-state index is 13.1. The Hall–Kier alpha value is -2.96. The van der Waals surface area contributed by atoms with Crippen molar-refractivity contribution in [3.05, 3.63) is 69.5 Å². The highest BCUT2D eigenvalue weighted by Crippen LogP contribution is 2.25. The molecule has 0 aliphatic rings. The summed E-state index contributed by atoms with van der Waals surface area (Å²) in [5.74, 6) is -1.05. The van der Waals surface area contributed by atoms with E-state index in [0.29, 0.717) is 13.0 Å². The van der Waals surface area contributed by atoms with E-state index >= 15 is 0 Å². The van der Waals surface area contributed by atoms with Gasteiger partial charge in [-0.1, -0.05) is 12.1 Å². The van der Waals surface area contributed by atoms with Gasteiger partial charge in [0, 0.05) is 18.2 Å². The zero-order valence-electron chi connectivity index (χ0n) is 11.6. The molecule has 2 aromatic carbocycles. The van der Waals surface area contributed by atoms with Gasteiger partial charge in [0.1, 0.15) is 11.5 Å². The number of primary amides is 1. The Morgan fingerprint density at radius 3 is 2.68 bits per heavy atom. The molecule has 22 heavy (non-hydrogen) atoms. The molecule has 0 aliphatic carbocycles. The van der Waals surface area contributed by atoms with E-state index in [1.807, 2.05) is 0 Å². The molecule has 0 radical (unpaired) electrons. The lowest BCUT2D eigenvalue weighted by atomic mass is 10.1. The van der Waals surface area contributed by atoms with Crippen LogP contribution in [0.15, 0.2) is 42.5 Å². The molecular weight excluding hydrogens is 289 g/mol. The van der Waals surface area contributed by atoms with Gasteiger partial charge < -0.3 is 11.1 Å². The van der Waals surface area contributed by atoms with Crippen molar-refractivity contribution < 1.29 is 14.1 Å². The predicted octanol–water partition coefficient (Wildman–Crippen LogP) is 2.49. The highest BCUT2D eigenvalue weighted by atomic mass is 19.1. The monoisotopic (exact) mass is 303 g/mol. The van der Waals surface area contributed by atoms with Crippen LogP contribution in [0.2, 0.25) is 0 Å². The fourth-order valence-electron chi connectivity index (χ4n) is 2.02. The number of hydrogen-bond donors (Lipinski definition) is 2. The standard InChI is InChI=1S/C15H14FN3O3/c16-12-3-1-2-10(8-12)6-7-18-13-5-4-11(15(17)20)9-14(13)19(21)22/h1-5,8-9,18H,6-7H2,(H2,17,20). The van der Waals surface area contributed by atoms with Gasteiger partial charge in [0.2, 0.25) is 5.91 Å².